The van der Waals surface area contributed by atoms with Crippen LogP contribution < -0.4 is 5.73 Å². The minimum absolute atomic E-state index is 0.204. The van der Waals surface area contributed by atoms with E-state index < -0.39 is 0 Å². The number of hydrogen-bond acceptors (Lipinski definition) is 2. The number of likely N-dealkylation sites (tertiary alicyclic amines) is 1. The van der Waals surface area contributed by atoms with Crippen molar-refractivity contribution in [2.24, 2.45) is 0 Å². The third-order valence-corrected chi connectivity index (χ3v) is 3.24. The Bertz CT molecular complexity index is 340. The van der Waals surface area contributed by atoms with E-state index in [4.69, 9.17) is 5.73 Å². The van der Waals surface area contributed by atoms with E-state index in [0.717, 1.165) is 12.2 Å². The molecule has 0 spiro atoms. The van der Waals surface area contributed by atoms with Crippen molar-refractivity contribution < 1.29 is 0 Å². The molecular weight excluding hydrogens is 184 g/mol. The zero-order chi connectivity index (χ0) is 10.9. The van der Waals surface area contributed by atoms with Gasteiger partial charge in [0.15, 0.2) is 0 Å². The van der Waals surface area contributed by atoms with Crippen molar-refractivity contribution in [1.29, 1.82) is 0 Å². The first-order chi connectivity index (χ1) is 7.08. The van der Waals surface area contributed by atoms with E-state index in [2.05, 4.69) is 30.9 Å². The van der Waals surface area contributed by atoms with Gasteiger partial charge in [-0.1, -0.05) is 26.0 Å². The molecule has 0 atom stereocenters. The quantitative estimate of drug-likeness (QED) is 0.765. The van der Waals surface area contributed by atoms with Crippen molar-refractivity contribution in [2.45, 2.75) is 25.7 Å². The van der Waals surface area contributed by atoms with Crippen LogP contribution in [0.2, 0.25) is 0 Å². The fourth-order valence-electron chi connectivity index (χ4n) is 2.15. The standard InChI is InChI=1S/C13H20N2/c1-13(2,10-15-7-4-8-15)11-5-3-6-12(14)9-11/h3,5-6,9H,4,7-8,10,14H2,1-2H3. The molecule has 1 fully saturated rings. The number of rotatable bonds is 3. The molecule has 0 unspecified atom stereocenters. The normalized spacial score (nSPS) is 17.5. The first-order valence-corrected chi connectivity index (χ1v) is 5.66. The molecule has 0 amide bonds. The summed E-state index contributed by atoms with van der Waals surface area (Å²) in [6, 6.07) is 8.27. The number of nitrogens with two attached hydrogens (primary N) is 1. The molecule has 2 nitrogen and oxygen atoms in total. The highest BCUT2D eigenvalue weighted by Gasteiger charge is 2.26. The topological polar surface area (TPSA) is 29.3 Å². The van der Waals surface area contributed by atoms with E-state index in [1.54, 1.807) is 0 Å². The Morgan fingerprint density at radius 2 is 2.07 bits per heavy atom. The molecule has 1 aromatic rings. The largest absolute Gasteiger partial charge is 0.399 e. The van der Waals surface area contributed by atoms with E-state index in [9.17, 15) is 0 Å². The summed E-state index contributed by atoms with van der Waals surface area (Å²) in [6.07, 6.45) is 1.35. The highest BCUT2D eigenvalue weighted by molar-refractivity contribution is 5.43. The predicted octanol–water partition coefficient (Wildman–Crippen LogP) is 2.25. The lowest BCUT2D eigenvalue weighted by atomic mass is 9.83. The third kappa shape index (κ3) is 2.32. The van der Waals surface area contributed by atoms with E-state index >= 15 is 0 Å². The van der Waals surface area contributed by atoms with Gasteiger partial charge >= 0.3 is 0 Å². The zero-order valence-corrected chi connectivity index (χ0v) is 9.66. The Hall–Kier alpha value is -1.02. The van der Waals surface area contributed by atoms with Crippen LogP contribution in [0.15, 0.2) is 24.3 Å². The summed E-state index contributed by atoms with van der Waals surface area (Å²) in [7, 11) is 0. The van der Waals surface area contributed by atoms with E-state index in [-0.39, 0.29) is 5.41 Å². The number of anilines is 1. The summed E-state index contributed by atoms with van der Waals surface area (Å²) in [4.78, 5) is 2.50. The minimum Gasteiger partial charge on any atom is -0.399 e. The molecule has 0 aromatic heterocycles. The SMILES string of the molecule is CC(C)(CN1CCC1)c1cccc(N)c1. The molecule has 0 saturated carbocycles. The summed E-state index contributed by atoms with van der Waals surface area (Å²) < 4.78 is 0. The maximum atomic E-state index is 5.82. The van der Waals surface area contributed by atoms with Crippen molar-refractivity contribution in [3.05, 3.63) is 29.8 Å². The van der Waals surface area contributed by atoms with Crippen LogP contribution in [0.4, 0.5) is 5.69 Å². The molecule has 0 bridgehead atoms. The highest BCUT2D eigenvalue weighted by atomic mass is 15.2. The molecule has 1 saturated heterocycles. The summed E-state index contributed by atoms with van der Waals surface area (Å²) in [5, 5.41) is 0. The van der Waals surface area contributed by atoms with Gasteiger partial charge in [0.2, 0.25) is 0 Å². The second-order valence-electron chi connectivity index (χ2n) is 5.14. The first-order valence-electron chi connectivity index (χ1n) is 5.66. The second kappa shape index (κ2) is 3.86. The molecule has 2 N–H and O–H groups in total. The Kier molecular flexibility index (Phi) is 2.70. The average molecular weight is 204 g/mol. The molecule has 0 radical (unpaired) electrons. The minimum atomic E-state index is 0.204. The summed E-state index contributed by atoms with van der Waals surface area (Å²) >= 11 is 0. The fraction of sp³-hybridized carbons (Fsp3) is 0.538. The van der Waals surface area contributed by atoms with Crippen LogP contribution in [0.25, 0.3) is 0 Å². The van der Waals surface area contributed by atoms with Gasteiger partial charge in [-0.3, -0.25) is 0 Å². The summed E-state index contributed by atoms with van der Waals surface area (Å²) in [5.41, 5.74) is 8.23. The zero-order valence-electron chi connectivity index (χ0n) is 9.66. The second-order valence-corrected chi connectivity index (χ2v) is 5.14. The Labute approximate surface area is 92.1 Å². The summed E-state index contributed by atoms with van der Waals surface area (Å²) in [6.45, 7) is 8.23. The van der Waals surface area contributed by atoms with Gasteiger partial charge < -0.3 is 10.6 Å². The molecule has 1 aliphatic rings. The van der Waals surface area contributed by atoms with Gasteiger partial charge in [0.25, 0.3) is 0 Å². The third-order valence-electron chi connectivity index (χ3n) is 3.24. The van der Waals surface area contributed by atoms with Gasteiger partial charge in [0.05, 0.1) is 0 Å². The van der Waals surface area contributed by atoms with Gasteiger partial charge in [0, 0.05) is 17.6 Å². The number of benzene rings is 1. The fourth-order valence-corrected chi connectivity index (χ4v) is 2.15. The van der Waals surface area contributed by atoms with Crippen LogP contribution in [0.1, 0.15) is 25.8 Å². The van der Waals surface area contributed by atoms with Crippen LogP contribution in [0.3, 0.4) is 0 Å². The van der Waals surface area contributed by atoms with Gasteiger partial charge in [-0.2, -0.15) is 0 Å². The lowest BCUT2D eigenvalue weighted by Crippen LogP contribution is -2.44. The van der Waals surface area contributed by atoms with Crippen molar-refractivity contribution in [3.8, 4) is 0 Å². The molecular formula is C13H20N2. The molecule has 0 aliphatic carbocycles. The molecule has 1 aliphatic heterocycles. The van der Waals surface area contributed by atoms with Crippen LogP contribution in [0.5, 0.6) is 0 Å². The molecule has 2 rings (SSSR count). The van der Waals surface area contributed by atoms with Crippen molar-refractivity contribution in [1.82, 2.24) is 4.90 Å². The maximum Gasteiger partial charge on any atom is 0.0316 e. The lowest BCUT2D eigenvalue weighted by Gasteiger charge is -2.38. The smallest absolute Gasteiger partial charge is 0.0316 e. The van der Waals surface area contributed by atoms with Gasteiger partial charge in [0.1, 0.15) is 0 Å². The van der Waals surface area contributed by atoms with E-state index in [1.165, 1.54) is 25.1 Å². The number of nitrogen functional groups attached to an aromatic ring is 1. The number of nitrogens with zero attached hydrogens (tertiary/aromatic N) is 1. The Morgan fingerprint density at radius 1 is 1.33 bits per heavy atom. The van der Waals surface area contributed by atoms with Crippen molar-refractivity contribution in [3.63, 3.8) is 0 Å². The van der Waals surface area contributed by atoms with Gasteiger partial charge in [-0.25, -0.2) is 0 Å². The van der Waals surface area contributed by atoms with Gasteiger partial charge in [-0.05, 0) is 37.2 Å². The summed E-state index contributed by atoms with van der Waals surface area (Å²) in [5.74, 6) is 0. The first kappa shape index (κ1) is 10.5. The Morgan fingerprint density at radius 3 is 2.60 bits per heavy atom. The van der Waals surface area contributed by atoms with Crippen LogP contribution in [0, 0.1) is 0 Å². The van der Waals surface area contributed by atoms with Crippen molar-refractivity contribution in [2.75, 3.05) is 25.4 Å². The van der Waals surface area contributed by atoms with E-state index in [1.807, 2.05) is 12.1 Å². The maximum absolute atomic E-state index is 5.82. The predicted molar refractivity (Wildman–Crippen MR) is 64.9 cm³/mol. The average Bonchev–Trinajstić information content (AvgIpc) is 2.12. The molecule has 82 valence electrons. The van der Waals surface area contributed by atoms with Crippen LogP contribution in [-0.2, 0) is 5.41 Å². The Balaban J connectivity index is 2.12. The van der Waals surface area contributed by atoms with Crippen molar-refractivity contribution >= 4 is 5.69 Å². The van der Waals surface area contributed by atoms with Crippen LogP contribution in [-0.4, -0.2) is 24.5 Å². The molecule has 1 aromatic carbocycles. The molecule has 1 heterocycles. The monoisotopic (exact) mass is 204 g/mol. The molecule has 15 heavy (non-hydrogen) atoms. The molecule has 2 heteroatoms. The van der Waals surface area contributed by atoms with E-state index in [0.29, 0.717) is 0 Å². The van der Waals surface area contributed by atoms with Gasteiger partial charge in [-0.15, -0.1) is 0 Å². The highest BCUT2D eigenvalue weighted by Crippen LogP contribution is 2.27. The van der Waals surface area contributed by atoms with Crippen LogP contribution >= 0.6 is 0 Å². The number of hydrogen-bond donors (Lipinski definition) is 1. The lowest BCUT2D eigenvalue weighted by molar-refractivity contribution is 0.147.